The number of hydrogen-bond acceptors (Lipinski definition) is 2. The summed E-state index contributed by atoms with van der Waals surface area (Å²) in [6, 6.07) is 7.53. The second-order valence-corrected chi connectivity index (χ2v) is 6.81. The lowest BCUT2D eigenvalue weighted by molar-refractivity contribution is 0.0150. The van der Waals surface area contributed by atoms with E-state index in [2.05, 4.69) is 34.7 Å². The maximum Gasteiger partial charge on any atom is 0.0825 e. The van der Waals surface area contributed by atoms with Crippen molar-refractivity contribution in [3.63, 3.8) is 0 Å². The molecular formula is C19H26N2O. The molecule has 0 spiro atoms. The molecule has 0 saturated carbocycles. The molecule has 1 aromatic heterocycles. The largest absolute Gasteiger partial charge is 0.374 e. The Kier molecular flexibility index (Phi) is 4.17. The number of aryl methyl sites for hydroxylation is 1. The van der Waals surface area contributed by atoms with E-state index >= 15 is 0 Å². The molecule has 3 nitrogen and oxygen atoms in total. The first-order valence-corrected chi connectivity index (χ1v) is 8.85. The molecule has 2 unspecified atom stereocenters. The SMILES string of the molecule is c1cc2[nH]cc(CCC3CCCN3)c2cc1C1CCCCO1. The number of rotatable bonds is 4. The molecule has 2 saturated heterocycles. The highest BCUT2D eigenvalue weighted by molar-refractivity contribution is 5.84. The summed E-state index contributed by atoms with van der Waals surface area (Å²) in [5, 5.41) is 4.99. The summed E-state index contributed by atoms with van der Waals surface area (Å²) < 4.78 is 5.95. The van der Waals surface area contributed by atoms with Crippen LogP contribution in [-0.2, 0) is 11.2 Å². The van der Waals surface area contributed by atoms with Crippen LogP contribution in [0.25, 0.3) is 10.9 Å². The van der Waals surface area contributed by atoms with Crippen molar-refractivity contribution >= 4 is 10.9 Å². The van der Waals surface area contributed by atoms with Gasteiger partial charge in [-0.25, -0.2) is 0 Å². The minimum atomic E-state index is 0.303. The molecule has 0 amide bonds. The molecule has 2 aliphatic rings. The maximum atomic E-state index is 5.95. The number of H-pyrrole nitrogens is 1. The van der Waals surface area contributed by atoms with Crippen LogP contribution < -0.4 is 5.32 Å². The number of aromatic nitrogens is 1. The quantitative estimate of drug-likeness (QED) is 0.892. The minimum Gasteiger partial charge on any atom is -0.374 e. The highest BCUT2D eigenvalue weighted by Gasteiger charge is 2.18. The summed E-state index contributed by atoms with van der Waals surface area (Å²) in [5.41, 5.74) is 4.07. The fourth-order valence-electron chi connectivity index (χ4n) is 3.94. The van der Waals surface area contributed by atoms with E-state index in [1.54, 1.807) is 0 Å². The summed E-state index contributed by atoms with van der Waals surface area (Å²) in [5.74, 6) is 0. The summed E-state index contributed by atoms with van der Waals surface area (Å²) in [6.07, 6.45) is 11.2. The second-order valence-electron chi connectivity index (χ2n) is 6.81. The van der Waals surface area contributed by atoms with Crippen LogP contribution in [0.4, 0.5) is 0 Å². The van der Waals surface area contributed by atoms with Crippen molar-refractivity contribution in [2.75, 3.05) is 13.2 Å². The molecule has 4 rings (SSSR count). The van der Waals surface area contributed by atoms with Crippen LogP contribution in [0.15, 0.2) is 24.4 Å². The lowest BCUT2D eigenvalue weighted by Gasteiger charge is -2.23. The number of nitrogens with one attached hydrogen (secondary N) is 2. The third-order valence-electron chi connectivity index (χ3n) is 5.27. The Morgan fingerprint density at radius 1 is 1.14 bits per heavy atom. The van der Waals surface area contributed by atoms with Crippen molar-refractivity contribution < 1.29 is 4.74 Å². The third-order valence-corrected chi connectivity index (χ3v) is 5.27. The molecule has 118 valence electrons. The van der Waals surface area contributed by atoms with Gasteiger partial charge < -0.3 is 15.0 Å². The minimum absolute atomic E-state index is 0.303. The summed E-state index contributed by atoms with van der Waals surface area (Å²) >= 11 is 0. The van der Waals surface area contributed by atoms with Crippen molar-refractivity contribution in [1.82, 2.24) is 10.3 Å². The topological polar surface area (TPSA) is 37.0 Å². The molecule has 2 aliphatic heterocycles. The van der Waals surface area contributed by atoms with Gasteiger partial charge in [-0.3, -0.25) is 0 Å². The van der Waals surface area contributed by atoms with Gasteiger partial charge in [0.2, 0.25) is 0 Å². The zero-order valence-electron chi connectivity index (χ0n) is 13.2. The van der Waals surface area contributed by atoms with E-state index in [0.29, 0.717) is 6.10 Å². The van der Waals surface area contributed by atoms with Gasteiger partial charge in [-0.2, -0.15) is 0 Å². The molecule has 0 radical (unpaired) electrons. The van der Waals surface area contributed by atoms with E-state index in [-0.39, 0.29) is 0 Å². The molecule has 1 aromatic carbocycles. The molecule has 3 heteroatoms. The van der Waals surface area contributed by atoms with E-state index in [4.69, 9.17) is 4.74 Å². The van der Waals surface area contributed by atoms with Gasteiger partial charge in [-0.15, -0.1) is 0 Å². The first kappa shape index (κ1) is 14.3. The first-order chi connectivity index (χ1) is 10.9. The Bertz CT molecular complexity index is 621. The average Bonchev–Trinajstić information content (AvgIpc) is 3.23. The normalized spacial score (nSPS) is 25.8. The van der Waals surface area contributed by atoms with Crippen LogP contribution in [0.1, 0.15) is 55.8 Å². The molecule has 2 aromatic rings. The van der Waals surface area contributed by atoms with Crippen LogP contribution in [0.5, 0.6) is 0 Å². The van der Waals surface area contributed by atoms with Crippen LogP contribution in [0.2, 0.25) is 0 Å². The van der Waals surface area contributed by atoms with Gasteiger partial charge in [0.1, 0.15) is 0 Å². The molecular weight excluding hydrogens is 272 g/mol. The fraction of sp³-hybridized carbons (Fsp3) is 0.579. The van der Waals surface area contributed by atoms with Gasteiger partial charge in [-0.1, -0.05) is 6.07 Å². The van der Waals surface area contributed by atoms with Crippen molar-refractivity contribution in [1.29, 1.82) is 0 Å². The Labute approximate surface area is 132 Å². The van der Waals surface area contributed by atoms with Crippen molar-refractivity contribution in [2.45, 2.75) is 57.1 Å². The Balaban J connectivity index is 1.53. The van der Waals surface area contributed by atoms with E-state index in [1.165, 1.54) is 60.7 Å². The molecule has 3 heterocycles. The fourth-order valence-corrected chi connectivity index (χ4v) is 3.94. The zero-order chi connectivity index (χ0) is 14.8. The third kappa shape index (κ3) is 2.92. The Morgan fingerprint density at radius 2 is 2.14 bits per heavy atom. The molecule has 2 atom stereocenters. The number of ether oxygens (including phenoxy) is 1. The van der Waals surface area contributed by atoms with Crippen LogP contribution in [0, 0.1) is 0 Å². The van der Waals surface area contributed by atoms with Crippen LogP contribution >= 0.6 is 0 Å². The Hall–Kier alpha value is -1.32. The number of hydrogen-bond donors (Lipinski definition) is 2. The number of fused-ring (bicyclic) bond motifs is 1. The van der Waals surface area contributed by atoms with Crippen molar-refractivity contribution in [2.24, 2.45) is 0 Å². The standard InChI is InChI=1S/C19H26N2O/c1-2-11-22-19(5-1)14-7-9-18-17(12-14)15(13-21-18)6-8-16-4-3-10-20-16/h7,9,12-13,16,19-21H,1-6,8,10-11H2. The van der Waals surface area contributed by atoms with E-state index in [1.807, 2.05) is 0 Å². The van der Waals surface area contributed by atoms with Gasteiger partial charge in [0.05, 0.1) is 6.10 Å². The summed E-state index contributed by atoms with van der Waals surface area (Å²) in [6.45, 7) is 2.11. The summed E-state index contributed by atoms with van der Waals surface area (Å²) in [4.78, 5) is 3.43. The van der Waals surface area contributed by atoms with Gasteiger partial charge in [0, 0.05) is 29.7 Å². The Morgan fingerprint density at radius 3 is 2.95 bits per heavy atom. The van der Waals surface area contributed by atoms with Crippen molar-refractivity contribution in [3.8, 4) is 0 Å². The predicted octanol–water partition coefficient (Wildman–Crippen LogP) is 4.09. The lowest BCUT2D eigenvalue weighted by Crippen LogP contribution is -2.21. The smallest absolute Gasteiger partial charge is 0.0825 e. The highest BCUT2D eigenvalue weighted by atomic mass is 16.5. The first-order valence-electron chi connectivity index (χ1n) is 8.85. The average molecular weight is 298 g/mol. The van der Waals surface area contributed by atoms with Crippen LogP contribution in [0.3, 0.4) is 0 Å². The molecule has 0 bridgehead atoms. The number of benzene rings is 1. The number of aromatic amines is 1. The van der Waals surface area contributed by atoms with Gasteiger partial charge in [0.15, 0.2) is 0 Å². The van der Waals surface area contributed by atoms with Gasteiger partial charge in [0.25, 0.3) is 0 Å². The van der Waals surface area contributed by atoms with E-state index in [9.17, 15) is 0 Å². The van der Waals surface area contributed by atoms with Gasteiger partial charge in [-0.05, 0) is 74.8 Å². The molecule has 22 heavy (non-hydrogen) atoms. The van der Waals surface area contributed by atoms with E-state index in [0.717, 1.165) is 25.5 Å². The molecule has 0 aliphatic carbocycles. The molecule has 2 N–H and O–H groups in total. The van der Waals surface area contributed by atoms with E-state index < -0.39 is 0 Å². The van der Waals surface area contributed by atoms with Crippen LogP contribution in [-0.4, -0.2) is 24.2 Å². The monoisotopic (exact) mass is 298 g/mol. The van der Waals surface area contributed by atoms with Crippen molar-refractivity contribution in [3.05, 3.63) is 35.5 Å². The summed E-state index contributed by atoms with van der Waals surface area (Å²) in [7, 11) is 0. The zero-order valence-corrected chi connectivity index (χ0v) is 13.2. The maximum absolute atomic E-state index is 5.95. The molecule has 2 fully saturated rings. The second kappa shape index (κ2) is 6.43. The highest BCUT2D eigenvalue weighted by Crippen LogP contribution is 2.31. The van der Waals surface area contributed by atoms with Gasteiger partial charge >= 0.3 is 0 Å². The predicted molar refractivity (Wildman–Crippen MR) is 90.2 cm³/mol. The lowest BCUT2D eigenvalue weighted by atomic mass is 9.98.